The fraction of sp³-hybridized carbons (Fsp3) is 0.571. The van der Waals surface area contributed by atoms with E-state index in [4.69, 9.17) is 0 Å². The molecule has 0 atom stereocenters. The first-order valence-electron chi connectivity index (χ1n) is 3.43. The van der Waals surface area contributed by atoms with Gasteiger partial charge >= 0.3 is 0 Å². The standard InChI is InChI=1S/C7H11IN2/c1-3-4-10-7(8)6(2)5-9-10/h5H,3-4H2,1-2H3. The highest BCUT2D eigenvalue weighted by Crippen LogP contribution is 2.09. The highest BCUT2D eigenvalue weighted by molar-refractivity contribution is 14.1. The van der Waals surface area contributed by atoms with Crippen molar-refractivity contribution in [1.82, 2.24) is 9.78 Å². The molecule has 0 aliphatic heterocycles. The molecule has 56 valence electrons. The Morgan fingerprint density at radius 1 is 1.70 bits per heavy atom. The smallest absolute Gasteiger partial charge is 0.102 e. The largest absolute Gasteiger partial charge is 0.259 e. The van der Waals surface area contributed by atoms with Crippen LogP contribution in [0.1, 0.15) is 18.9 Å². The summed E-state index contributed by atoms with van der Waals surface area (Å²) < 4.78 is 3.30. The molecule has 0 N–H and O–H groups in total. The van der Waals surface area contributed by atoms with Gasteiger partial charge in [-0.05, 0) is 35.9 Å². The minimum absolute atomic E-state index is 1.03. The predicted octanol–water partition coefficient (Wildman–Crippen LogP) is 2.21. The number of hydrogen-bond donors (Lipinski definition) is 0. The lowest BCUT2D eigenvalue weighted by Crippen LogP contribution is -2.00. The molecule has 1 aromatic rings. The Morgan fingerprint density at radius 2 is 2.40 bits per heavy atom. The molecule has 0 radical (unpaired) electrons. The van der Waals surface area contributed by atoms with Crippen molar-refractivity contribution in [1.29, 1.82) is 0 Å². The topological polar surface area (TPSA) is 17.8 Å². The Balaban J connectivity index is 2.83. The second-order valence-electron chi connectivity index (χ2n) is 2.34. The zero-order chi connectivity index (χ0) is 7.56. The zero-order valence-electron chi connectivity index (χ0n) is 6.26. The highest BCUT2D eigenvalue weighted by Gasteiger charge is 2.00. The Kier molecular flexibility index (Phi) is 2.71. The van der Waals surface area contributed by atoms with E-state index in [9.17, 15) is 0 Å². The lowest BCUT2D eigenvalue weighted by Gasteiger charge is -1.98. The molecule has 0 aliphatic carbocycles. The second kappa shape index (κ2) is 3.37. The van der Waals surface area contributed by atoms with Gasteiger partial charge in [0.25, 0.3) is 0 Å². The number of nitrogens with zero attached hydrogens (tertiary/aromatic N) is 2. The van der Waals surface area contributed by atoms with Gasteiger partial charge in [0, 0.05) is 12.1 Å². The first-order chi connectivity index (χ1) is 4.75. The molecule has 0 saturated heterocycles. The van der Waals surface area contributed by atoms with Gasteiger partial charge in [0.1, 0.15) is 3.70 Å². The van der Waals surface area contributed by atoms with E-state index >= 15 is 0 Å². The van der Waals surface area contributed by atoms with Gasteiger partial charge in [-0.25, -0.2) is 0 Å². The summed E-state index contributed by atoms with van der Waals surface area (Å²) in [6.45, 7) is 5.28. The fourth-order valence-corrected chi connectivity index (χ4v) is 1.34. The van der Waals surface area contributed by atoms with Crippen molar-refractivity contribution in [2.75, 3.05) is 0 Å². The Bertz CT molecular complexity index is 217. The third kappa shape index (κ3) is 1.51. The molecule has 1 heterocycles. The van der Waals surface area contributed by atoms with Crippen LogP contribution in [0.5, 0.6) is 0 Å². The van der Waals surface area contributed by atoms with Crippen LogP contribution >= 0.6 is 22.6 Å². The van der Waals surface area contributed by atoms with E-state index in [-0.39, 0.29) is 0 Å². The molecule has 0 saturated carbocycles. The maximum Gasteiger partial charge on any atom is 0.102 e. The minimum Gasteiger partial charge on any atom is -0.259 e. The maximum absolute atomic E-state index is 4.21. The van der Waals surface area contributed by atoms with Crippen LogP contribution in [0.2, 0.25) is 0 Å². The summed E-state index contributed by atoms with van der Waals surface area (Å²) in [5.41, 5.74) is 1.27. The van der Waals surface area contributed by atoms with E-state index in [0.29, 0.717) is 0 Å². The summed E-state index contributed by atoms with van der Waals surface area (Å²) in [6, 6.07) is 0. The van der Waals surface area contributed by atoms with Crippen molar-refractivity contribution in [2.45, 2.75) is 26.8 Å². The van der Waals surface area contributed by atoms with Crippen molar-refractivity contribution >= 4 is 22.6 Å². The first kappa shape index (κ1) is 8.04. The van der Waals surface area contributed by atoms with E-state index in [2.05, 4.69) is 41.5 Å². The van der Waals surface area contributed by atoms with Crippen LogP contribution in [0.15, 0.2) is 6.20 Å². The van der Waals surface area contributed by atoms with Crippen molar-refractivity contribution in [3.8, 4) is 0 Å². The molecule has 0 aliphatic rings. The summed E-state index contributed by atoms with van der Waals surface area (Å²) in [5.74, 6) is 0. The number of halogens is 1. The van der Waals surface area contributed by atoms with Crippen molar-refractivity contribution in [3.63, 3.8) is 0 Å². The summed E-state index contributed by atoms with van der Waals surface area (Å²) in [4.78, 5) is 0. The summed E-state index contributed by atoms with van der Waals surface area (Å²) in [6.07, 6.45) is 3.06. The van der Waals surface area contributed by atoms with Crippen LogP contribution in [0.4, 0.5) is 0 Å². The SMILES string of the molecule is CCCn1ncc(C)c1I. The average molecular weight is 250 g/mol. The van der Waals surface area contributed by atoms with Gasteiger partial charge < -0.3 is 0 Å². The van der Waals surface area contributed by atoms with Crippen molar-refractivity contribution < 1.29 is 0 Å². The summed E-state index contributed by atoms with van der Waals surface area (Å²) >= 11 is 2.32. The third-order valence-corrected chi connectivity index (χ3v) is 2.79. The maximum atomic E-state index is 4.21. The number of rotatable bonds is 2. The molecule has 0 aromatic carbocycles. The number of aryl methyl sites for hydroxylation is 2. The molecule has 0 amide bonds. The van der Waals surface area contributed by atoms with Gasteiger partial charge in [-0.1, -0.05) is 6.92 Å². The minimum atomic E-state index is 1.03. The molecule has 10 heavy (non-hydrogen) atoms. The average Bonchev–Trinajstić information content (AvgIpc) is 2.20. The Hall–Kier alpha value is -0.0600. The Morgan fingerprint density at radius 3 is 2.80 bits per heavy atom. The van der Waals surface area contributed by atoms with Gasteiger partial charge in [0.05, 0.1) is 6.20 Å². The lowest BCUT2D eigenvalue weighted by atomic mass is 10.4. The number of aromatic nitrogens is 2. The van der Waals surface area contributed by atoms with Gasteiger partial charge in [-0.2, -0.15) is 5.10 Å². The molecule has 1 aromatic heterocycles. The zero-order valence-corrected chi connectivity index (χ0v) is 8.42. The molecule has 0 fully saturated rings. The second-order valence-corrected chi connectivity index (χ2v) is 3.36. The molecular weight excluding hydrogens is 239 g/mol. The quantitative estimate of drug-likeness (QED) is 0.736. The van der Waals surface area contributed by atoms with Gasteiger partial charge in [0.15, 0.2) is 0 Å². The molecule has 1 rings (SSSR count). The van der Waals surface area contributed by atoms with Crippen LogP contribution in [0, 0.1) is 10.6 Å². The van der Waals surface area contributed by atoms with Gasteiger partial charge in [0.2, 0.25) is 0 Å². The number of hydrogen-bond acceptors (Lipinski definition) is 1. The van der Waals surface area contributed by atoms with Gasteiger partial charge in [-0.15, -0.1) is 0 Å². The molecule has 3 heteroatoms. The van der Waals surface area contributed by atoms with Crippen molar-refractivity contribution in [3.05, 3.63) is 15.5 Å². The fourth-order valence-electron chi connectivity index (χ4n) is 0.832. The molecule has 2 nitrogen and oxygen atoms in total. The first-order valence-corrected chi connectivity index (χ1v) is 4.51. The predicted molar refractivity (Wildman–Crippen MR) is 50.0 cm³/mol. The van der Waals surface area contributed by atoms with E-state index in [1.165, 1.54) is 9.26 Å². The molecule has 0 spiro atoms. The Labute approximate surface area is 74.8 Å². The molecule has 0 bridgehead atoms. The van der Waals surface area contributed by atoms with E-state index in [1.54, 1.807) is 0 Å². The summed E-state index contributed by atoms with van der Waals surface area (Å²) in [5, 5.41) is 4.21. The molecule has 0 unspecified atom stereocenters. The van der Waals surface area contributed by atoms with Crippen LogP contribution in [0.3, 0.4) is 0 Å². The monoisotopic (exact) mass is 250 g/mol. The third-order valence-electron chi connectivity index (χ3n) is 1.38. The van der Waals surface area contributed by atoms with Crippen molar-refractivity contribution in [2.24, 2.45) is 0 Å². The molecular formula is C7H11IN2. The highest BCUT2D eigenvalue weighted by atomic mass is 127. The van der Waals surface area contributed by atoms with Crippen LogP contribution in [-0.2, 0) is 6.54 Å². The van der Waals surface area contributed by atoms with Crippen LogP contribution in [0.25, 0.3) is 0 Å². The van der Waals surface area contributed by atoms with E-state index in [0.717, 1.165) is 13.0 Å². The normalized spacial score (nSPS) is 10.3. The van der Waals surface area contributed by atoms with Crippen LogP contribution < -0.4 is 0 Å². The van der Waals surface area contributed by atoms with Gasteiger partial charge in [-0.3, -0.25) is 4.68 Å². The summed E-state index contributed by atoms with van der Waals surface area (Å²) in [7, 11) is 0. The lowest BCUT2D eigenvalue weighted by molar-refractivity contribution is 0.589. The van der Waals surface area contributed by atoms with E-state index in [1.807, 2.05) is 10.9 Å². The van der Waals surface area contributed by atoms with Crippen LogP contribution in [-0.4, -0.2) is 9.78 Å². The van der Waals surface area contributed by atoms with E-state index < -0.39 is 0 Å².